The zero-order valence-corrected chi connectivity index (χ0v) is 18.3. The van der Waals surface area contributed by atoms with Gasteiger partial charge in [-0.1, -0.05) is 42.5 Å². The quantitative estimate of drug-likeness (QED) is 0.437. The number of carbonyl (C=O) groups is 2. The van der Waals surface area contributed by atoms with Crippen molar-refractivity contribution < 1.29 is 14.7 Å². The highest BCUT2D eigenvalue weighted by Gasteiger charge is 2.46. The smallest absolute Gasteiger partial charge is 0.296 e. The monoisotopic (exact) mass is 447 g/mol. The molecule has 1 unspecified atom stereocenters. The van der Waals surface area contributed by atoms with E-state index in [4.69, 9.17) is 0 Å². The Hall–Kier alpha value is -3.36. The maximum Gasteiger partial charge on any atom is 0.296 e. The fourth-order valence-electron chi connectivity index (χ4n) is 4.02. The Morgan fingerprint density at radius 3 is 2.61 bits per heavy atom. The maximum atomic E-state index is 13.6. The van der Waals surface area contributed by atoms with E-state index in [9.17, 15) is 14.7 Å². The summed E-state index contributed by atoms with van der Waals surface area (Å²) in [4.78, 5) is 37.3. The summed E-state index contributed by atoms with van der Waals surface area (Å²) in [6.07, 6.45) is 1.60. The Balaban J connectivity index is 1.76. The van der Waals surface area contributed by atoms with E-state index in [0.29, 0.717) is 15.7 Å². The van der Waals surface area contributed by atoms with Gasteiger partial charge in [-0.3, -0.25) is 14.5 Å². The van der Waals surface area contributed by atoms with Crippen molar-refractivity contribution in [2.75, 3.05) is 4.90 Å². The van der Waals surface area contributed by atoms with Gasteiger partial charge in [-0.15, -0.1) is 22.7 Å². The molecule has 0 bridgehead atoms. The predicted molar refractivity (Wildman–Crippen MR) is 122 cm³/mol. The van der Waals surface area contributed by atoms with Gasteiger partial charge >= 0.3 is 0 Å². The molecule has 0 saturated heterocycles. The van der Waals surface area contributed by atoms with Crippen LogP contribution in [0.2, 0.25) is 0 Å². The third kappa shape index (κ3) is 3.07. The van der Waals surface area contributed by atoms with Crippen molar-refractivity contribution in [3.05, 3.63) is 86.5 Å². The number of rotatable bonds is 4. The first-order valence-corrected chi connectivity index (χ1v) is 11.3. The summed E-state index contributed by atoms with van der Waals surface area (Å²) in [6.45, 7) is 3.59. The number of anilines is 1. The molecule has 31 heavy (non-hydrogen) atoms. The van der Waals surface area contributed by atoms with Crippen molar-refractivity contribution in [3.8, 4) is 0 Å². The van der Waals surface area contributed by atoms with Crippen LogP contribution >= 0.6 is 22.7 Å². The number of aromatic nitrogens is 2. The molecule has 1 aliphatic rings. The molecule has 0 radical (unpaired) electrons. The minimum Gasteiger partial charge on any atom is -0.503 e. The molecule has 8 heteroatoms. The second kappa shape index (κ2) is 7.40. The first kappa shape index (κ1) is 19.6. The van der Waals surface area contributed by atoms with Crippen molar-refractivity contribution in [1.82, 2.24) is 9.97 Å². The number of thiazole rings is 2. The summed E-state index contributed by atoms with van der Waals surface area (Å²) < 4.78 is 0. The van der Waals surface area contributed by atoms with Crippen molar-refractivity contribution >= 4 is 50.3 Å². The highest BCUT2D eigenvalue weighted by molar-refractivity contribution is 7.14. The van der Waals surface area contributed by atoms with E-state index >= 15 is 0 Å². The van der Waals surface area contributed by atoms with Gasteiger partial charge in [0, 0.05) is 11.6 Å². The SMILES string of the molecule is Cc1nc(C)c(C(=O)C2=C(O)C(=O)N(c3nccs3)C2c2cccc3ccccc23)s1. The third-order valence-corrected chi connectivity index (χ3v) is 7.15. The van der Waals surface area contributed by atoms with Crippen molar-refractivity contribution in [3.63, 3.8) is 0 Å². The van der Waals surface area contributed by atoms with Crippen molar-refractivity contribution in [1.29, 1.82) is 0 Å². The molecule has 1 atom stereocenters. The first-order chi connectivity index (χ1) is 15.0. The van der Waals surface area contributed by atoms with Gasteiger partial charge in [0.2, 0.25) is 5.78 Å². The van der Waals surface area contributed by atoms with Crippen LogP contribution < -0.4 is 4.90 Å². The van der Waals surface area contributed by atoms with E-state index in [1.807, 2.05) is 49.4 Å². The van der Waals surface area contributed by atoms with Crippen LogP contribution in [0.3, 0.4) is 0 Å². The van der Waals surface area contributed by atoms with E-state index in [2.05, 4.69) is 9.97 Å². The summed E-state index contributed by atoms with van der Waals surface area (Å²) in [5, 5.41) is 15.7. The van der Waals surface area contributed by atoms with Gasteiger partial charge in [0.25, 0.3) is 5.91 Å². The molecule has 0 aliphatic carbocycles. The molecule has 1 amide bonds. The Morgan fingerprint density at radius 2 is 1.90 bits per heavy atom. The second-order valence-electron chi connectivity index (χ2n) is 7.20. The van der Waals surface area contributed by atoms with Crippen LogP contribution in [0, 0.1) is 13.8 Å². The van der Waals surface area contributed by atoms with Crippen LogP contribution in [0.15, 0.2) is 65.4 Å². The summed E-state index contributed by atoms with van der Waals surface area (Å²) in [5.74, 6) is -1.55. The minimum atomic E-state index is -0.793. The number of aryl methyl sites for hydroxylation is 2. The van der Waals surface area contributed by atoms with Crippen LogP contribution in [-0.2, 0) is 4.79 Å². The normalized spacial score (nSPS) is 16.5. The fraction of sp³-hybridized carbons (Fsp3) is 0.130. The van der Waals surface area contributed by atoms with Crippen LogP contribution in [-0.4, -0.2) is 26.8 Å². The van der Waals surface area contributed by atoms with Gasteiger partial charge in [0.05, 0.1) is 27.2 Å². The van der Waals surface area contributed by atoms with Crippen molar-refractivity contribution in [2.24, 2.45) is 0 Å². The highest BCUT2D eigenvalue weighted by atomic mass is 32.1. The Labute approximate surface area is 186 Å². The maximum absolute atomic E-state index is 13.6. The topological polar surface area (TPSA) is 83.4 Å². The number of hydrogen-bond donors (Lipinski definition) is 1. The first-order valence-electron chi connectivity index (χ1n) is 9.60. The summed E-state index contributed by atoms with van der Waals surface area (Å²) in [6, 6.07) is 12.7. The molecule has 4 aromatic rings. The second-order valence-corrected chi connectivity index (χ2v) is 9.28. The van der Waals surface area contributed by atoms with Gasteiger partial charge in [0.1, 0.15) is 0 Å². The number of fused-ring (bicyclic) bond motifs is 1. The van der Waals surface area contributed by atoms with E-state index in [0.717, 1.165) is 21.3 Å². The van der Waals surface area contributed by atoms with E-state index in [1.54, 1.807) is 18.5 Å². The average molecular weight is 448 g/mol. The molecule has 2 aromatic carbocycles. The zero-order valence-electron chi connectivity index (χ0n) is 16.7. The molecule has 0 fully saturated rings. The fourth-order valence-corrected chi connectivity index (χ4v) is 5.56. The number of carbonyl (C=O) groups excluding carboxylic acids is 2. The summed E-state index contributed by atoms with van der Waals surface area (Å²) >= 11 is 2.55. The van der Waals surface area contributed by atoms with Gasteiger partial charge in [0.15, 0.2) is 10.9 Å². The molecular formula is C23H17N3O3S2. The van der Waals surface area contributed by atoms with Gasteiger partial charge in [-0.05, 0) is 30.2 Å². The standard InChI is InChI=1S/C23H17N3O3S2/c1-12-21(31-13(2)25-12)19(27)17-18(16-9-5-7-14-6-3-4-8-15(14)16)26(22(29)20(17)28)23-24-10-11-30-23/h3-11,18,28H,1-2H3. The number of Topliss-reactive ketones (excluding diaryl/α,β-unsaturated/α-hetero) is 1. The van der Waals surface area contributed by atoms with E-state index in [-0.39, 0.29) is 11.4 Å². The predicted octanol–water partition coefficient (Wildman–Crippen LogP) is 5.15. The third-order valence-electron chi connectivity index (χ3n) is 5.31. The molecular weight excluding hydrogens is 430 g/mol. The van der Waals surface area contributed by atoms with E-state index < -0.39 is 17.7 Å². The Kier molecular flexibility index (Phi) is 4.68. The lowest BCUT2D eigenvalue weighted by atomic mass is 9.91. The molecule has 3 heterocycles. The zero-order chi connectivity index (χ0) is 21.7. The van der Waals surface area contributed by atoms with Crippen molar-refractivity contribution in [2.45, 2.75) is 19.9 Å². The van der Waals surface area contributed by atoms with Crippen LogP contribution in [0.25, 0.3) is 10.8 Å². The molecule has 1 aliphatic heterocycles. The lowest BCUT2D eigenvalue weighted by molar-refractivity contribution is -0.117. The number of hydrogen-bond acceptors (Lipinski definition) is 7. The molecule has 154 valence electrons. The largest absolute Gasteiger partial charge is 0.503 e. The molecule has 0 saturated carbocycles. The Bertz CT molecular complexity index is 1370. The number of aliphatic hydroxyl groups excluding tert-OH is 1. The number of amides is 1. The lowest BCUT2D eigenvalue weighted by Crippen LogP contribution is -2.31. The highest BCUT2D eigenvalue weighted by Crippen LogP contribution is 2.45. The summed E-state index contributed by atoms with van der Waals surface area (Å²) in [5.41, 5.74) is 1.40. The number of benzene rings is 2. The molecule has 0 spiro atoms. The number of aliphatic hydroxyl groups is 1. The van der Waals surface area contributed by atoms with Crippen LogP contribution in [0.4, 0.5) is 5.13 Å². The number of ketones is 1. The van der Waals surface area contributed by atoms with E-state index in [1.165, 1.54) is 27.6 Å². The van der Waals surface area contributed by atoms with Crippen LogP contribution in [0.1, 0.15) is 32.0 Å². The number of nitrogens with zero attached hydrogens (tertiary/aromatic N) is 3. The summed E-state index contributed by atoms with van der Waals surface area (Å²) in [7, 11) is 0. The molecule has 6 nitrogen and oxygen atoms in total. The lowest BCUT2D eigenvalue weighted by Gasteiger charge is -2.25. The molecule has 2 aromatic heterocycles. The Morgan fingerprint density at radius 1 is 1.13 bits per heavy atom. The molecule has 5 rings (SSSR count). The minimum absolute atomic E-state index is 0.0586. The van der Waals surface area contributed by atoms with Gasteiger partial charge in [-0.25, -0.2) is 9.97 Å². The molecule has 1 N–H and O–H groups in total. The van der Waals surface area contributed by atoms with Crippen LogP contribution in [0.5, 0.6) is 0 Å². The average Bonchev–Trinajstić information content (AvgIpc) is 3.46. The van der Waals surface area contributed by atoms with Gasteiger partial charge < -0.3 is 5.11 Å². The van der Waals surface area contributed by atoms with Gasteiger partial charge in [-0.2, -0.15) is 0 Å².